The van der Waals surface area contributed by atoms with Crippen LogP contribution in [0.25, 0.3) is 27.9 Å². The first-order chi connectivity index (χ1) is 13.1. The van der Waals surface area contributed by atoms with Gasteiger partial charge in [-0.15, -0.1) is 5.10 Å². The molecule has 7 nitrogen and oxygen atoms in total. The Labute approximate surface area is 158 Å². The molecule has 0 aliphatic rings. The minimum atomic E-state index is -0.141. The smallest absolute Gasteiger partial charge is 0.192 e. The normalized spacial score (nSPS) is 11.1. The molecule has 0 fully saturated rings. The van der Waals surface area contributed by atoms with Gasteiger partial charge in [0.15, 0.2) is 22.4 Å². The summed E-state index contributed by atoms with van der Waals surface area (Å²) in [6.45, 7) is 1.41. The van der Waals surface area contributed by atoms with Gasteiger partial charge < -0.3 is 0 Å². The molecule has 0 radical (unpaired) electrons. The van der Waals surface area contributed by atoms with Gasteiger partial charge in [-0.1, -0.05) is 23.9 Å². The predicted molar refractivity (Wildman–Crippen MR) is 103 cm³/mol. The molecule has 0 amide bonds. The van der Waals surface area contributed by atoms with Gasteiger partial charge in [-0.25, -0.2) is 9.97 Å². The summed E-state index contributed by atoms with van der Waals surface area (Å²) in [6.07, 6.45) is 3.31. The van der Waals surface area contributed by atoms with E-state index in [-0.39, 0.29) is 23.7 Å². The first kappa shape index (κ1) is 17.3. The first-order valence-electron chi connectivity index (χ1n) is 8.31. The number of nitrogens with zero attached hydrogens (tertiary/aromatic N) is 5. The Bertz CT molecular complexity index is 1160. The van der Waals surface area contributed by atoms with E-state index in [1.807, 2.05) is 36.4 Å². The molecule has 27 heavy (non-hydrogen) atoms. The van der Waals surface area contributed by atoms with Gasteiger partial charge in [0.25, 0.3) is 0 Å². The second kappa shape index (κ2) is 7.24. The minimum Gasteiger partial charge on any atom is -0.300 e. The van der Waals surface area contributed by atoms with Crippen LogP contribution in [-0.2, 0) is 9.59 Å². The van der Waals surface area contributed by atoms with E-state index in [0.29, 0.717) is 16.6 Å². The van der Waals surface area contributed by atoms with E-state index in [2.05, 4.69) is 20.1 Å². The number of carbonyl (C=O) groups excluding carboxylic acids is 2. The van der Waals surface area contributed by atoms with E-state index >= 15 is 0 Å². The number of benzene rings is 1. The summed E-state index contributed by atoms with van der Waals surface area (Å²) in [5.41, 5.74) is 2.30. The molecule has 0 N–H and O–H groups in total. The molecule has 0 unspecified atom stereocenters. The zero-order valence-corrected chi connectivity index (χ0v) is 15.3. The summed E-state index contributed by atoms with van der Waals surface area (Å²) in [4.78, 5) is 36.4. The van der Waals surface area contributed by atoms with Crippen LogP contribution in [0.5, 0.6) is 0 Å². The minimum absolute atomic E-state index is 0.0661. The average Bonchev–Trinajstić information content (AvgIpc) is 3.12. The third-order valence-electron chi connectivity index (χ3n) is 3.90. The van der Waals surface area contributed by atoms with Crippen molar-refractivity contribution in [2.24, 2.45) is 0 Å². The molecular weight excluding hydrogens is 362 g/mol. The van der Waals surface area contributed by atoms with Crippen LogP contribution in [-0.4, -0.2) is 41.9 Å². The molecule has 0 saturated carbocycles. The number of ketones is 2. The topological polar surface area (TPSA) is 90.1 Å². The van der Waals surface area contributed by atoms with E-state index in [4.69, 9.17) is 0 Å². The summed E-state index contributed by atoms with van der Waals surface area (Å²) in [6, 6.07) is 11.4. The molecule has 8 heteroatoms. The lowest BCUT2D eigenvalue weighted by Crippen LogP contribution is -2.08. The molecule has 0 bridgehead atoms. The fraction of sp³-hybridized carbons (Fsp3) is 0.158. The lowest BCUT2D eigenvalue weighted by atomic mass is 10.2. The van der Waals surface area contributed by atoms with Crippen molar-refractivity contribution in [3.63, 3.8) is 0 Å². The lowest BCUT2D eigenvalue weighted by Gasteiger charge is -2.05. The van der Waals surface area contributed by atoms with Crippen molar-refractivity contribution in [2.45, 2.75) is 18.5 Å². The van der Waals surface area contributed by atoms with E-state index in [0.717, 1.165) is 16.5 Å². The SMILES string of the molecule is CC(=O)CC(=O)CSc1nc2ccccc2c2nc(-c3ccncc3)nn12. The zero-order valence-electron chi connectivity index (χ0n) is 14.5. The summed E-state index contributed by atoms with van der Waals surface area (Å²) in [5, 5.41) is 6.03. The predicted octanol–water partition coefficient (Wildman–Crippen LogP) is 2.98. The van der Waals surface area contributed by atoms with Gasteiger partial charge in [-0.2, -0.15) is 4.52 Å². The highest BCUT2D eigenvalue weighted by atomic mass is 32.2. The molecule has 1 aromatic carbocycles. The van der Waals surface area contributed by atoms with Gasteiger partial charge >= 0.3 is 0 Å². The van der Waals surface area contributed by atoms with Crippen molar-refractivity contribution in [3.8, 4) is 11.4 Å². The summed E-state index contributed by atoms with van der Waals surface area (Å²) in [5.74, 6) is 0.445. The Kier molecular flexibility index (Phi) is 4.64. The van der Waals surface area contributed by atoms with Crippen molar-refractivity contribution in [1.82, 2.24) is 24.6 Å². The Morgan fingerprint density at radius 2 is 1.85 bits per heavy atom. The average molecular weight is 377 g/mol. The fourth-order valence-corrected chi connectivity index (χ4v) is 3.53. The fourth-order valence-electron chi connectivity index (χ4n) is 2.72. The number of Topliss-reactive ketones (excluding diaryl/α,β-unsaturated/α-hetero) is 2. The molecule has 0 saturated heterocycles. The molecule has 3 aromatic heterocycles. The van der Waals surface area contributed by atoms with Crippen LogP contribution in [0.1, 0.15) is 13.3 Å². The highest BCUT2D eigenvalue weighted by Crippen LogP contribution is 2.26. The Hall–Kier alpha value is -3.13. The highest BCUT2D eigenvalue weighted by Gasteiger charge is 2.16. The maximum atomic E-state index is 11.9. The van der Waals surface area contributed by atoms with Gasteiger partial charge in [-0.05, 0) is 31.2 Å². The summed E-state index contributed by atoms with van der Waals surface area (Å²) < 4.78 is 1.66. The van der Waals surface area contributed by atoms with Crippen molar-refractivity contribution in [3.05, 3.63) is 48.8 Å². The molecule has 0 aliphatic heterocycles. The van der Waals surface area contributed by atoms with Crippen LogP contribution in [0.15, 0.2) is 53.9 Å². The first-order valence-corrected chi connectivity index (χ1v) is 9.30. The third kappa shape index (κ3) is 3.56. The molecule has 4 rings (SSSR count). The number of pyridine rings is 1. The Balaban J connectivity index is 1.80. The van der Waals surface area contributed by atoms with Gasteiger partial charge in [0, 0.05) is 23.3 Å². The highest BCUT2D eigenvalue weighted by molar-refractivity contribution is 7.99. The van der Waals surface area contributed by atoms with Crippen molar-refractivity contribution >= 4 is 39.9 Å². The molecule has 134 valence electrons. The van der Waals surface area contributed by atoms with Crippen molar-refractivity contribution in [1.29, 1.82) is 0 Å². The van der Waals surface area contributed by atoms with Crippen LogP contribution >= 0.6 is 11.8 Å². The van der Waals surface area contributed by atoms with Crippen LogP contribution in [0.2, 0.25) is 0 Å². The zero-order chi connectivity index (χ0) is 18.8. The van der Waals surface area contributed by atoms with Gasteiger partial charge in [0.2, 0.25) is 0 Å². The van der Waals surface area contributed by atoms with E-state index in [9.17, 15) is 9.59 Å². The van der Waals surface area contributed by atoms with E-state index in [1.54, 1.807) is 16.9 Å². The molecule has 0 atom stereocenters. The Morgan fingerprint density at radius 1 is 1.07 bits per heavy atom. The number of hydrogen-bond donors (Lipinski definition) is 0. The number of hydrogen-bond acceptors (Lipinski definition) is 7. The van der Waals surface area contributed by atoms with Gasteiger partial charge in [0.05, 0.1) is 17.7 Å². The maximum Gasteiger partial charge on any atom is 0.192 e. The molecule has 0 aliphatic carbocycles. The van der Waals surface area contributed by atoms with Crippen molar-refractivity contribution in [2.75, 3.05) is 5.75 Å². The number of fused-ring (bicyclic) bond motifs is 3. The number of carbonyl (C=O) groups is 2. The quantitative estimate of drug-likeness (QED) is 0.290. The molecule has 3 heterocycles. The number of aromatic nitrogens is 5. The van der Waals surface area contributed by atoms with E-state index in [1.165, 1.54) is 18.7 Å². The molecule has 0 spiro atoms. The lowest BCUT2D eigenvalue weighted by molar-refractivity contribution is -0.124. The molecule has 4 aromatic rings. The number of para-hydroxylation sites is 1. The van der Waals surface area contributed by atoms with Gasteiger partial charge in [-0.3, -0.25) is 14.6 Å². The summed E-state index contributed by atoms with van der Waals surface area (Å²) >= 11 is 1.26. The van der Waals surface area contributed by atoms with Crippen LogP contribution in [0.4, 0.5) is 0 Å². The second-order valence-electron chi connectivity index (χ2n) is 6.02. The monoisotopic (exact) mass is 377 g/mol. The van der Waals surface area contributed by atoms with Gasteiger partial charge in [0.1, 0.15) is 5.78 Å². The molecular formula is C19H15N5O2S. The Morgan fingerprint density at radius 3 is 2.63 bits per heavy atom. The van der Waals surface area contributed by atoms with Crippen LogP contribution in [0, 0.1) is 0 Å². The number of thioether (sulfide) groups is 1. The van der Waals surface area contributed by atoms with E-state index < -0.39 is 0 Å². The summed E-state index contributed by atoms with van der Waals surface area (Å²) in [7, 11) is 0. The maximum absolute atomic E-state index is 11.9. The second-order valence-corrected chi connectivity index (χ2v) is 6.97. The van der Waals surface area contributed by atoms with Crippen LogP contribution < -0.4 is 0 Å². The number of rotatable bonds is 6. The van der Waals surface area contributed by atoms with Crippen LogP contribution in [0.3, 0.4) is 0 Å². The standard InChI is InChI=1S/C19H15N5O2S/c1-12(25)10-14(26)11-27-19-21-16-5-3-2-4-15(16)18-22-17(23-24(18)19)13-6-8-20-9-7-13/h2-9H,10-11H2,1H3. The third-order valence-corrected chi connectivity index (χ3v) is 4.89. The largest absolute Gasteiger partial charge is 0.300 e. The van der Waals surface area contributed by atoms with Crippen molar-refractivity contribution < 1.29 is 9.59 Å².